The molecule has 0 saturated carbocycles. The van der Waals surface area contributed by atoms with E-state index in [2.05, 4.69) is 10.4 Å². The molecule has 0 aliphatic rings. The number of hydrogen-bond donors (Lipinski definition) is 2. The highest BCUT2D eigenvalue weighted by molar-refractivity contribution is 5.91. The first-order valence-corrected chi connectivity index (χ1v) is 6.05. The van der Waals surface area contributed by atoms with Crippen LogP contribution in [0.3, 0.4) is 0 Å². The highest BCUT2D eigenvalue weighted by Crippen LogP contribution is 2.12. The highest BCUT2D eigenvalue weighted by atomic mass is 16.1. The van der Waals surface area contributed by atoms with Crippen LogP contribution < -0.4 is 11.1 Å². The Morgan fingerprint density at radius 2 is 2.24 bits per heavy atom. The number of nitrogens with zero attached hydrogens (tertiary/aromatic N) is 2. The van der Waals surface area contributed by atoms with E-state index in [-0.39, 0.29) is 17.9 Å². The summed E-state index contributed by atoms with van der Waals surface area (Å²) in [7, 11) is 1.80. The zero-order valence-electron chi connectivity index (χ0n) is 10.8. The van der Waals surface area contributed by atoms with Gasteiger partial charge in [0, 0.05) is 25.1 Å². The third-order valence-corrected chi connectivity index (χ3v) is 2.82. The molecule has 0 aliphatic carbocycles. The number of carbonyl (C=O) groups excluding carboxylic acids is 1. The maximum atomic E-state index is 11.9. The molecule has 0 bridgehead atoms. The van der Waals surface area contributed by atoms with Crippen LogP contribution in [0.15, 0.2) is 12.3 Å². The zero-order chi connectivity index (χ0) is 12.8. The molecule has 2 unspecified atom stereocenters. The standard InChI is InChI=1S/C12H22N4O/c1-9(5-4-6-10(2)13)12(17)15-11-7-8-14-16(11)3/h7-10H,4-6,13H2,1-3H3,(H,15,17). The summed E-state index contributed by atoms with van der Waals surface area (Å²) in [5, 5.41) is 6.86. The quantitative estimate of drug-likeness (QED) is 0.789. The number of amides is 1. The fraction of sp³-hybridized carbons (Fsp3) is 0.667. The summed E-state index contributed by atoms with van der Waals surface area (Å²) in [5.41, 5.74) is 5.67. The Morgan fingerprint density at radius 3 is 2.76 bits per heavy atom. The molecule has 5 nitrogen and oxygen atoms in total. The maximum Gasteiger partial charge on any atom is 0.228 e. The summed E-state index contributed by atoms with van der Waals surface area (Å²) >= 11 is 0. The number of carbonyl (C=O) groups is 1. The molecule has 0 aromatic carbocycles. The van der Waals surface area contributed by atoms with Crippen molar-refractivity contribution in [3.63, 3.8) is 0 Å². The van der Waals surface area contributed by atoms with Gasteiger partial charge in [0.25, 0.3) is 0 Å². The first-order chi connectivity index (χ1) is 8.00. The molecule has 5 heteroatoms. The van der Waals surface area contributed by atoms with E-state index >= 15 is 0 Å². The van der Waals surface area contributed by atoms with Crippen molar-refractivity contribution in [3.05, 3.63) is 12.3 Å². The number of rotatable bonds is 6. The summed E-state index contributed by atoms with van der Waals surface area (Å²) < 4.78 is 1.65. The molecule has 2 atom stereocenters. The van der Waals surface area contributed by atoms with Gasteiger partial charge in [-0.25, -0.2) is 0 Å². The van der Waals surface area contributed by atoms with Gasteiger partial charge in [0.15, 0.2) is 0 Å². The molecule has 17 heavy (non-hydrogen) atoms. The lowest BCUT2D eigenvalue weighted by Crippen LogP contribution is -2.22. The first-order valence-electron chi connectivity index (χ1n) is 6.05. The molecule has 0 spiro atoms. The van der Waals surface area contributed by atoms with Gasteiger partial charge in [-0.1, -0.05) is 13.3 Å². The maximum absolute atomic E-state index is 11.9. The second kappa shape index (κ2) is 6.39. The van der Waals surface area contributed by atoms with Gasteiger partial charge in [-0.3, -0.25) is 9.48 Å². The van der Waals surface area contributed by atoms with E-state index < -0.39 is 0 Å². The minimum absolute atomic E-state index is 0.00338. The lowest BCUT2D eigenvalue weighted by molar-refractivity contribution is -0.119. The van der Waals surface area contributed by atoms with Crippen molar-refractivity contribution in [1.82, 2.24) is 9.78 Å². The van der Waals surface area contributed by atoms with Crippen LogP contribution in [-0.4, -0.2) is 21.7 Å². The summed E-state index contributed by atoms with van der Waals surface area (Å²) in [6, 6.07) is 1.99. The van der Waals surface area contributed by atoms with Crippen LogP contribution in [0.2, 0.25) is 0 Å². The third kappa shape index (κ3) is 4.56. The van der Waals surface area contributed by atoms with E-state index in [0.717, 1.165) is 25.1 Å². The summed E-state index contributed by atoms with van der Waals surface area (Å²) in [4.78, 5) is 11.9. The van der Waals surface area contributed by atoms with Crippen LogP contribution in [0.5, 0.6) is 0 Å². The van der Waals surface area contributed by atoms with Gasteiger partial charge in [-0.2, -0.15) is 5.10 Å². The fourth-order valence-electron chi connectivity index (χ4n) is 1.62. The number of anilines is 1. The molecule has 1 rings (SSSR count). The van der Waals surface area contributed by atoms with Crippen molar-refractivity contribution in [2.45, 2.75) is 39.2 Å². The van der Waals surface area contributed by atoms with Crippen LogP contribution in [0.1, 0.15) is 33.1 Å². The van der Waals surface area contributed by atoms with Gasteiger partial charge >= 0.3 is 0 Å². The Morgan fingerprint density at radius 1 is 1.53 bits per heavy atom. The monoisotopic (exact) mass is 238 g/mol. The van der Waals surface area contributed by atoms with Gasteiger partial charge in [-0.15, -0.1) is 0 Å². The lowest BCUT2D eigenvalue weighted by Gasteiger charge is -2.12. The molecule has 0 saturated heterocycles. The molecular weight excluding hydrogens is 216 g/mol. The molecule has 1 aromatic rings. The van der Waals surface area contributed by atoms with Crippen molar-refractivity contribution < 1.29 is 4.79 Å². The van der Waals surface area contributed by atoms with Crippen LogP contribution in [0.4, 0.5) is 5.82 Å². The van der Waals surface area contributed by atoms with Crippen LogP contribution in [0, 0.1) is 5.92 Å². The molecule has 1 amide bonds. The molecule has 96 valence electrons. The predicted molar refractivity (Wildman–Crippen MR) is 68.5 cm³/mol. The summed E-state index contributed by atoms with van der Waals surface area (Å²) in [6.45, 7) is 3.92. The smallest absolute Gasteiger partial charge is 0.228 e. The number of nitrogens with one attached hydrogen (secondary N) is 1. The van der Waals surface area contributed by atoms with Crippen LogP contribution in [0.25, 0.3) is 0 Å². The number of aromatic nitrogens is 2. The number of hydrogen-bond acceptors (Lipinski definition) is 3. The minimum Gasteiger partial charge on any atom is -0.328 e. The van der Waals surface area contributed by atoms with Crippen LogP contribution in [-0.2, 0) is 11.8 Å². The van der Waals surface area contributed by atoms with Crippen molar-refractivity contribution in [2.75, 3.05) is 5.32 Å². The van der Waals surface area contributed by atoms with E-state index in [9.17, 15) is 4.79 Å². The summed E-state index contributed by atoms with van der Waals surface area (Å²) in [6.07, 6.45) is 4.47. The fourth-order valence-corrected chi connectivity index (χ4v) is 1.62. The first kappa shape index (κ1) is 13.7. The molecule has 1 heterocycles. The van der Waals surface area contributed by atoms with E-state index in [1.165, 1.54) is 0 Å². The van der Waals surface area contributed by atoms with Gasteiger partial charge in [-0.05, 0) is 19.8 Å². The van der Waals surface area contributed by atoms with Crippen molar-refractivity contribution in [3.8, 4) is 0 Å². The van der Waals surface area contributed by atoms with E-state index in [1.54, 1.807) is 24.0 Å². The van der Waals surface area contributed by atoms with Crippen LogP contribution >= 0.6 is 0 Å². The van der Waals surface area contributed by atoms with Gasteiger partial charge in [0.1, 0.15) is 5.82 Å². The second-order valence-corrected chi connectivity index (χ2v) is 4.64. The molecule has 1 aromatic heterocycles. The Hall–Kier alpha value is -1.36. The van der Waals surface area contributed by atoms with E-state index in [0.29, 0.717) is 0 Å². The molecule has 3 N–H and O–H groups in total. The van der Waals surface area contributed by atoms with Crippen molar-refractivity contribution >= 4 is 11.7 Å². The SMILES string of the molecule is CC(N)CCCC(C)C(=O)Nc1ccnn1C. The summed E-state index contributed by atoms with van der Waals surface area (Å²) in [5.74, 6) is 0.774. The Bertz CT molecular complexity index is 359. The molecular formula is C12H22N4O. The topological polar surface area (TPSA) is 72.9 Å². The highest BCUT2D eigenvalue weighted by Gasteiger charge is 2.14. The molecule has 0 radical (unpaired) electrons. The van der Waals surface area contributed by atoms with E-state index in [1.807, 2.05) is 13.8 Å². The predicted octanol–water partition coefficient (Wildman–Crippen LogP) is 1.51. The number of aryl methyl sites for hydroxylation is 1. The van der Waals surface area contributed by atoms with E-state index in [4.69, 9.17) is 5.73 Å². The number of nitrogens with two attached hydrogens (primary N) is 1. The van der Waals surface area contributed by atoms with Crippen molar-refractivity contribution in [2.24, 2.45) is 18.7 Å². The largest absolute Gasteiger partial charge is 0.328 e. The lowest BCUT2D eigenvalue weighted by atomic mass is 10.0. The minimum atomic E-state index is 0.00338. The third-order valence-electron chi connectivity index (χ3n) is 2.82. The Balaban J connectivity index is 2.35. The van der Waals surface area contributed by atoms with Crippen molar-refractivity contribution in [1.29, 1.82) is 0 Å². The normalized spacial score (nSPS) is 14.4. The Labute approximate surface area is 102 Å². The van der Waals surface area contributed by atoms with Gasteiger partial charge in [0.05, 0.1) is 6.20 Å². The average molecular weight is 238 g/mol. The second-order valence-electron chi connectivity index (χ2n) is 4.64. The Kier molecular flexibility index (Phi) is 5.15. The van der Waals surface area contributed by atoms with Gasteiger partial charge < -0.3 is 11.1 Å². The average Bonchev–Trinajstić information content (AvgIpc) is 2.63. The van der Waals surface area contributed by atoms with Gasteiger partial charge in [0.2, 0.25) is 5.91 Å². The molecule has 0 aliphatic heterocycles. The molecule has 0 fully saturated rings. The zero-order valence-corrected chi connectivity index (χ0v) is 10.8.